The van der Waals surface area contributed by atoms with Gasteiger partial charge in [-0.3, -0.25) is 4.79 Å². The van der Waals surface area contributed by atoms with Gasteiger partial charge in [-0.15, -0.1) is 0 Å². The summed E-state index contributed by atoms with van der Waals surface area (Å²) in [4.78, 5) is 13.7. The maximum atomic E-state index is 11.6. The number of nitrogens with zero attached hydrogens (tertiary/aromatic N) is 1. The zero-order valence-electron chi connectivity index (χ0n) is 9.78. The fourth-order valence-corrected chi connectivity index (χ4v) is 1.85. The van der Waals surface area contributed by atoms with Gasteiger partial charge in [0.05, 0.1) is 11.1 Å². The van der Waals surface area contributed by atoms with Gasteiger partial charge in [0.1, 0.15) is 6.61 Å². The Kier molecular flexibility index (Phi) is 5.69. The number of amides is 1. The molecular formula is C11H20N2O2S. The summed E-state index contributed by atoms with van der Waals surface area (Å²) in [6.45, 7) is 0.751. The van der Waals surface area contributed by atoms with E-state index in [1.807, 2.05) is 0 Å². The second-order valence-electron chi connectivity index (χ2n) is 4.25. The van der Waals surface area contributed by atoms with Crippen molar-refractivity contribution in [2.24, 2.45) is 5.73 Å². The van der Waals surface area contributed by atoms with Gasteiger partial charge in [0, 0.05) is 20.0 Å². The summed E-state index contributed by atoms with van der Waals surface area (Å²) in [7, 11) is 1.75. The number of hydrogen-bond acceptors (Lipinski definition) is 3. The molecule has 0 spiro atoms. The Balaban J connectivity index is 2.15. The Bertz CT molecular complexity index is 252. The lowest BCUT2D eigenvalue weighted by molar-refractivity contribution is -0.136. The number of hydrogen-bond donors (Lipinski definition) is 1. The van der Waals surface area contributed by atoms with Crippen LogP contribution in [-0.2, 0) is 9.53 Å². The van der Waals surface area contributed by atoms with Crippen molar-refractivity contribution in [2.45, 2.75) is 38.2 Å². The molecule has 0 aromatic heterocycles. The lowest BCUT2D eigenvalue weighted by atomic mass is 10.3. The molecule has 0 saturated heterocycles. The van der Waals surface area contributed by atoms with E-state index in [2.05, 4.69) is 0 Å². The van der Waals surface area contributed by atoms with E-state index in [1.165, 1.54) is 12.8 Å². The molecule has 1 amide bonds. The molecule has 0 bridgehead atoms. The van der Waals surface area contributed by atoms with Crippen LogP contribution in [0.2, 0.25) is 0 Å². The highest BCUT2D eigenvalue weighted by Crippen LogP contribution is 2.20. The van der Waals surface area contributed by atoms with E-state index in [1.54, 1.807) is 11.9 Å². The van der Waals surface area contributed by atoms with Gasteiger partial charge < -0.3 is 15.4 Å². The van der Waals surface area contributed by atoms with Gasteiger partial charge in [0.15, 0.2) is 0 Å². The maximum Gasteiger partial charge on any atom is 0.248 e. The molecule has 2 N–H and O–H groups in total. The van der Waals surface area contributed by atoms with Crippen molar-refractivity contribution in [3.63, 3.8) is 0 Å². The van der Waals surface area contributed by atoms with E-state index < -0.39 is 0 Å². The fourth-order valence-electron chi connectivity index (χ4n) is 1.76. The third kappa shape index (κ3) is 4.90. The molecule has 0 atom stereocenters. The van der Waals surface area contributed by atoms with Crippen LogP contribution in [-0.4, -0.2) is 42.1 Å². The minimum atomic E-state index is 0.00292. The Labute approximate surface area is 102 Å². The van der Waals surface area contributed by atoms with Crippen LogP contribution in [0, 0.1) is 0 Å². The van der Waals surface area contributed by atoms with Crippen molar-refractivity contribution in [2.75, 3.05) is 20.2 Å². The molecule has 0 radical (unpaired) electrons. The molecule has 0 aromatic rings. The monoisotopic (exact) mass is 244 g/mol. The van der Waals surface area contributed by atoms with E-state index in [9.17, 15) is 4.79 Å². The Morgan fingerprint density at radius 3 is 2.69 bits per heavy atom. The summed E-state index contributed by atoms with van der Waals surface area (Å²) in [5.41, 5.74) is 5.38. The summed E-state index contributed by atoms with van der Waals surface area (Å²) in [5.74, 6) is 0.00292. The van der Waals surface area contributed by atoms with Gasteiger partial charge >= 0.3 is 0 Å². The third-order valence-electron chi connectivity index (χ3n) is 2.86. The number of rotatable bonds is 6. The lowest BCUT2D eigenvalue weighted by Gasteiger charge is -2.18. The molecule has 4 nitrogen and oxygen atoms in total. The van der Waals surface area contributed by atoms with Crippen LogP contribution in [0.15, 0.2) is 0 Å². The van der Waals surface area contributed by atoms with Crippen LogP contribution in [0.25, 0.3) is 0 Å². The molecule has 16 heavy (non-hydrogen) atoms. The van der Waals surface area contributed by atoms with Crippen molar-refractivity contribution < 1.29 is 9.53 Å². The number of likely N-dealkylation sites (N-methyl/N-ethyl adjacent to an activating group) is 1. The zero-order valence-corrected chi connectivity index (χ0v) is 10.6. The van der Waals surface area contributed by atoms with Crippen LogP contribution < -0.4 is 5.73 Å². The van der Waals surface area contributed by atoms with Crippen molar-refractivity contribution in [1.82, 2.24) is 4.90 Å². The fraction of sp³-hybridized carbons (Fsp3) is 0.818. The van der Waals surface area contributed by atoms with Crippen LogP contribution in [0.1, 0.15) is 32.1 Å². The van der Waals surface area contributed by atoms with Gasteiger partial charge in [0.25, 0.3) is 0 Å². The smallest absolute Gasteiger partial charge is 0.248 e. The average Bonchev–Trinajstić information content (AvgIpc) is 2.75. The molecule has 92 valence electrons. The molecule has 1 rings (SSSR count). The molecule has 1 fully saturated rings. The molecular weight excluding hydrogens is 224 g/mol. The first kappa shape index (κ1) is 13.4. The average molecular weight is 244 g/mol. The number of thiocarbonyl (C=S) groups is 1. The number of nitrogens with two attached hydrogens (primary N) is 1. The summed E-state index contributed by atoms with van der Waals surface area (Å²) >= 11 is 4.76. The summed E-state index contributed by atoms with van der Waals surface area (Å²) in [6, 6.07) is 0. The van der Waals surface area contributed by atoms with Crippen LogP contribution in [0.4, 0.5) is 0 Å². The molecule has 0 unspecified atom stereocenters. The molecule has 1 saturated carbocycles. The largest absolute Gasteiger partial charge is 0.393 e. The Morgan fingerprint density at radius 1 is 1.50 bits per heavy atom. The first-order valence-electron chi connectivity index (χ1n) is 5.73. The highest BCUT2D eigenvalue weighted by atomic mass is 32.1. The van der Waals surface area contributed by atoms with Gasteiger partial charge in [-0.2, -0.15) is 0 Å². The predicted octanol–water partition coefficient (Wildman–Crippen LogP) is 1.08. The lowest BCUT2D eigenvalue weighted by Crippen LogP contribution is -2.33. The zero-order chi connectivity index (χ0) is 12.0. The summed E-state index contributed by atoms with van der Waals surface area (Å²) in [6.07, 6.45) is 5.47. The number of carbonyl (C=O) groups is 1. The van der Waals surface area contributed by atoms with Crippen LogP contribution >= 0.6 is 12.2 Å². The molecule has 5 heteroatoms. The highest BCUT2D eigenvalue weighted by molar-refractivity contribution is 7.80. The van der Waals surface area contributed by atoms with Crippen LogP contribution in [0.5, 0.6) is 0 Å². The summed E-state index contributed by atoms with van der Waals surface area (Å²) < 4.78 is 5.54. The van der Waals surface area contributed by atoms with Gasteiger partial charge in [0.2, 0.25) is 5.91 Å². The SMILES string of the molecule is CN(CCC(N)=S)C(=O)COC1CCCC1. The topological polar surface area (TPSA) is 55.6 Å². The second kappa shape index (κ2) is 6.81. The van der Waals surface area contributed by atoms with E-state index in [-0.39, 0.29) is 18.6 Å². The van der Waals surface area contributed by atoms with Crippen molar-refractivity contribution in [3.8, 4) is 0 Å². The van der Waals surface area contributed by atoms with Crippen LogP contribution in [0.3, 0.4) is 0 Å². The molecule has 0 heterocycles. The number of carbonyl (C=O) groups excluding carboxylic acids is 1. The van der Waals surface area contributed by atoms with Crippen molar-refractivity contribution >= 4 is 23.1 Å². The molecule has 0 aromatic carbocycles. The van der Waals surface area contributed by atoms with Gasteiger partial charge in [-0.05, 0) is 12.8 Å². The third-order valence-corrected chi connectivity index (χ3v) is 3.07. The number of ether oxygens (including phenoxy) is 1. The second-order valence-corrected chi connectivity index (χ2v) is 4.77. The Hall–Kier alpha value is -0.680. The van der Waals surface area contributed by atoms with Gasteiger partial charge in [-0.25, -0.2) is 0 Å². The van der Waals surface area contributed by atoms with Crippen molar-refractivity contribution in [1.29, 1.82) is 0 Å². The van der Waals surface area contributed by atoms with E-state index in [0.717, 1.165) is 12.8 Å². The molecule has 1 aliphatic carbocycles. The summed E-state index contributed by atoms with van der Waals surface area (Å²) in [5, 5.41) is 0. The highest BCUT2D eigenvalue weighted by Gasteiger charge is 2.17. The van der Waals surface area contributed by atoms with E-state index in [4.69, 9.17) is 22.7 Å². The normalized spacial score (nSPS) is 16.3. The first-order chi connectivity index (χ1) is 7.59. The Morgan fingerprint density at radius 2 is 2.12 bits per heavy atom. The van der Waals surface area contributed by atoms with Crippen molar-refractivity contribution in [3.05, 3.63) is 0 Å². The minimum Gasteiger partial charge on any atom is -0.393 e. The van der Waals surface area contributed by atoms with E-state index in [0.29, 0.717) is 18.0 Å². The molecule has 0 aliphatic heterocycles. The first-order valence-corrected chi connectivity index (χ1v) is 6.14. The predicted molar refractivity (Wildman–Crippen MR) is 67.2 cm³/mol. The van der Waals surface area contributed by atoms with Gasteiger partial charge in [-0.1, -0.05) is 25.1 Å². The quantitative estimate of drug-likeness (QED) is 0.710. The standard InChI is InChI=1S/C11H20N2O2S/c1-13(7-6-10(12)16)11(14)8-15-9-4-2-3-5-9/h9H,2-8H2,1H3,(H2,12,16). The molecule has 1 aliphatic rings. The maximum absolute atomic E-state index is 11.6. The minimum absolute atomic E-state index is 0.00292. The van der Waals surface area contributed by atoms with E-state index >= 15 is 0 Å².